The van der Waals surface area contributed by atoms with Crippen molar-refractivity contribution in [3.05, 3.63) is 34.7 Å². The number of carbonyl (C=O) groups excluding carboxylic acids is 2. The highest BCUT2D eigenvalue weighted by atomic mass is 32.1. The number of hydrogen-bond donors (Lipinski definition) is 3. The molecule has 0 unspecified atom stereocenters. The lowest BCUT2D eigenvalue weighted by Crippen LogP contribution is -2.22. The summed E-state index contributed by atoms with van der Waals surface area (Å²) in [6.07, 6.45) is 0.343. The Bertz CT molecular complexity index is 726. The summed E-state index contributed by atoms with van der Waals surface area (Å²) in [5, 5.41) is 3.16. The highest BCUT2D eigenvalue weighted by Gasteiger charge is 2.29. The highest BCUT2D eigenvalue weighted by molar-refractivity contribution is 7.16. The molecule has 0 bridgehead atoms. The van der Waals surface area contributed by atoms with E-state index in [4.69, 9.17) is 16.2 Å². The maximum absolute atomic E-state index is 11.8. The van der Waals surface area contributed by atoms with Crippen molar-refractivity contribution in [2.24, 2.45) is 5.73 Å². The van der Waals surface area contributed by atoms with E-state index in [1.54, 1.807) is 12.1 Å². The summed E-state index contributed by atoms with van der Waals surface area (Å²) in [5.41, 5.74) is 11.7. The molecule has 1 aromatic heterocycles. The minimum absolute atomic E-state index is 0.0799. The monoisotopic (exact) mass is 318 g/mol. The number of thiazole rings is 1. The number of carbonyl (C=O) groups is 2. The molecule has 3 rings (SSSR count). The maximum atomic E-state index is 11.8. The number of nitrogen functional groups attached to an aromatic ring is 1. The van der Waals surface area contributed by atoms with Gasteiger partial charge in [0, 0.05) is 12.3 Å². The zero-order valence-electron chi connectivity index (χ0n) is 11.5. The molecule has 1 aliphatic heterocycles. The predicted molar refractivity (Wildman–Crippen MR) is 82.7 cm³/mol. The average molecular weight is 318 g/mol. The van der Waals surface area contributed by atoms with Crippen LogP contribution in [0.5, 0.6) is 5.75 Å². The molecule has 0 fully saturated rings. The van der Waals surface area contributed by atoms with Gasteiger partial charge in [-0.15, -0.1) is 0 Å². The van der Waals surface area contributed by atoms with Crippen LogP contribution in [0.4, 0.5) is 10.9 Å². The first-order chi connectivity index (χ1) is 10.5. The van der Waals surface area contributed by atoms with E-state index in [2.05, 4.69) is 10.3 Å². The van der Waals surface area contributed by atoms with Crippen LogP contribution >= 0.6 is 11.3 Å². The second kappa shape index (κ2) is 5.64. The fraction of sp³-hybridized carbons (Fsp3) is 0.214. The van der Waals surface area contributed by atoms with Gasteiger partial charge >= 0.3 is 0 Å². The lowest BCUT2D eigenvalue weighted by Gasteiger charge is -2.21. The minimum atomic E-state index is -0.530. The van der Waals surface area contributed by atoms with Crippen LogP contribution in [0.25, 0.3) is 0 Å². The number of nitrogens with zero attached hydrogens (tertiary/aromatic N) is 1. The summed E-state index contributed by atoms with van der Waals surface area (Å²) in [6, 6.07) is 7.21. The quantitative estimate of drug-likeness (QED) is 0.778. The Morgan fingerprint density at radius 2 is 2.14 bits per heavy atom. The molecule has 5 N–H and O–H groups in total. The van der Waals surface area contributed by atoms with Crippen LogP contribution in [0.2, 0.25) is 0 Å². The third-order valence-electron chi connectivity index (χ3n) is 3.30. The van der Waals surface area contributed by atoms with Gasteiger partial charge in [0.25, 0.3) is 5.91 Å². The third kappa shape index (κ3) is 2.86. The van der Waals surface area contributed by atoms with Crippen molar-refractivity contribution >= 4 is 34.1 Å². The Labute approximate surface area is 130 Å². The summed E-state index contributed by atoms with van der Waals surface area (Å²) in [5.74, 6) is 0.392. The largest absolute Gasteiger partial charge is 0.484 e. The first kappa shape index (κ1) is 14.3. The van der Waals surface area contributed by atoms with Gasteiger partial charge in [-0.05, 0) is 17.7 Å². The van der Waals surface area contributed by atoms with Gasteiger partial charge in [0.1, 0.15) is 11.6 Å². The topological polar surface area (TPSA) is 120 Å². The number of nitrogens with one attached hydrogen (secondary N) is 1. The van der Waals surface area contributed by atoms with Gasteiger partial charge in [0.2, 0.25) is 5.91 Å². The molecule has 1 atom stereocenters. The summed E-state index contributed by atoms with van der Waals surface area (Å²) in [6.45, 7) is -0.166. The van der Waals surface area contributed by atoms with Crippen molar-refractivity contribution in [3.8, 4) is 5.75 Å². The maximum Gasteiger partial charge on any atom is 0.255 e. The Hall–Kier alpha value is -2.61. The van der Waals surface area contributed by atoms with Gasteiger partial charge in [-0.25, -0.2) is 4.98 Å². The van der Waals surface area contributed by atoms with Gasteiger partial charge in [0.05, 0.1) is 4.88 Å². The molecule has 0 saturated carbocycles. The number of primary amides is 1. The van der Waals surface area contributed by atoms with Crippen LogP contribution in [0.1, 0.15) is 22.8 Å². The molecule has 1 aliphatic rings. The zero-order chi connectivity index (χ0) is 15.7. The van der Waals surface area contributed by atoms with Crippen LogP contribution in [0, 0.1) is 0 Å². The third-order valence-corrected chi connectivity index (χ3v) is 4.30. The van der Waals surface area contributed by atoms with Crippen molar-refractivity contribution in [1.29, 1.82) is 0 Å². The molecular formula is C14H14N4O3S. The lowest BCUT2D eigenvalue weighted by atomic mass is 9.91. The summed E-state index contributed by atoms with van der Waals surface area (Å²) in [7, 11) is 0. The molecule has 0 spiro atoms. The van der Waals surface area contributed by atoms with Crippen LogP contribution in [0.15, 0.2) is 24.3 Å². The van der Waals surface area contributed by atoms with E-state index in [-0.39, 0.29) is 18.4 Å². The molecule has 22 heavy (non-hydrogen) atoms. The minimum Gasteiger partial charge on any atom is -0.484 e. The van der Waals surface area contributed by atoms with Gasteiger partial charge in [-0.3, -0.25) is 9.59 Å². The van der Waals surface area contributed by atoms with Gasteiger partial charge < -0.3 is 21.5 Å². The molecule has 2 heterocycles. The fourth-order valence-corrected chi connectivity index (χ4v) is 3.27. The molecular weight excluding hydrogens is 304 g/mol. The summed E-state index contributed by atoms with van der Waals surface area (Å²) in [4.78, 5) is 27.6. The normalized spacial score (nSPS) is 16.7. The summed E-state index contributed by atoms with van der Waals surface area (Å²) < 4.78 is 5.22. The number of nitrogens with two attached hydrogens (primary N) is 2. The Balaban J connectivity index is 1.84. The smallest absolute Gasteiger partial charge is 0.255 e. The van der Waals surface area contributed by atoms with E-state index < -0.39 is 5.91 Å². The van der Waals surface area contributed by atoms with E-state index in [0.717, 1.165) is 10.4 Å². The lowest BCUT2D eigenvalue weighted by molar-refractivity contribution is -0.120. The fourth-order valence-electron chi connectivity index (χ4n) is 2.36. The van der Waals surface area contributed by atoms with Gasteiger partial charge in [-0.1, -0.05) is 23.5 Å². The van der Waals surface area contributed by atoms with Crippen LogP contribution < -0.4 is 21.5 Å². The molecule has 114 valence electrons. The first-order valence-corrected chi connectivity index (χ1v) is 7.41. The molecule has 8 heteroatoms. The van der Waals surface area contributed by atoms with Crippen molar-refractivity contribution in [1.82, 2.24) is 4.98 Å². The van der Waals surface area contributed by atoms with Gasteiger partial charge in [-0.2, -0.15) is 0 Å². The van der Waals surface area contributed by atoms with Crippen LogP contribution in [0.3, 0.4) is 0 Å². The molecule has 7 nitrogen and oxygen atoms in total. The van der Waals surface area contributed by atoms with Crippen molar-refractivity contribution in [2.75, 3.05) is 17.7 Å². The molecule has 0 saturated heterocycles. The number of ether oxygens (including phenoxy) is 1. The Morgan fingerprint density at radius 3 is 2.82 bits per heavy atom. The number of hydrogen-bond acceptors (Lipinski definition) is 6. The highest BCUT2D eigenvalue weighted by Crippen LogP contribution is 2.41. The van der Waals surface area contributed by atoms with Gasteiger partial charge in [0.15, 0.2) is 11.7 Å². The van der Waals surface area contributed by atoms with E-state index in [0.29, 0.717) is 23.1 Å². The zero-order valence-corrected chi connectivity index (χ0v) is 12.4. The van der Waals surface area contributed by atoms with Crippen molar-refractivity contribution < 1.29 is 14.3 Å². The molecule has 1 aromatic carbocycles. The number of rotatable bonds is 4. The Morgan fingerprint density at radius 1 is 1.41 bits per heavy atom. The predicted octanol–water partition coefficient (Wildman–Crippen LogP) is 1.06. The average Bonchev–Trinajstić information content (AvgIpc) is 2.85. The number of benzene rings is 1. The second-order valence-corrected chi connectivity index (χ2v) is 5.96. The van der Waals surface area contributed by atoms with E-state index in [1.807, 2.05) is 12.1 Å². The van der Waals surface area contributed by atoms with E-state index >= 15 is 0 Å². The van der Waals surface area contributed by atoms with Crippen LogP contribution in [-0.4, -0.2) is 23.4 Å². The van der Waals surface area contributed by atoms with E-state index in [1.165, 1.54) is 11.3 Å². The summed E-state index contributed by atoms with van der Waals surface area (Å²) >= 11 is 1.37. The number of amides is 2. The SMILES string of the molecule is NC(=O)COc1ccc([C@H]2CC(=O)Nc3nc(N)sc32)cc1. The van der Waals surface area contributed by atoms with Crippen molar-refractivity contribution in [2.45, 2.75) is 12.3 Å². The van der Waals surface area contributed by atoms with Crippen molar-refractivity contribution in [3.63, 3.8) is 0 Å². The molecule has 2 aromatic rings. The number of aromatic nitrogens is 1. The number of fused-ring (bicyclic) bond motifs is 1. The molecule has 2 amide bonds. The number of anilines is 2. The van der Waals surface area contributed by atoms with Crippen LogP contribution in [-0.2, 0) is 9.59 Å². The first-order valence-electron chi connectivity index (χ1n) is 6.60. The van der Waals surface area contributed by atoms with E-state index in [9.17, 15) is 9.59 Å². The molecule has 0 aliphatic carbocycles. The second-order valence-electron chi connectivity index (χ2n) is 4.89. The Kier molecular flexibility index (Phi) is 3.68. The molecule has 0 radical (unpaired) electrons. The standard InChI is InChI=1S/C14H14N4O3S/c15-10(19)6-21-8-3-1-7(2-4-8)9-5-11(20)17-13-12(9)22-14(16)18-13/h1-4,9H,5-6H2,(H2,15,19)(H2,16,18)(H,17,20)/t9-/m1/s1.